The van der Waals surface area contributed by atoms with Crippen molar-refractivity contribution in [1.29, 1.82) is 0 Å². The second kappa shape index (κ2) is 8.41. The van der Waals surface area contributed by atoms with Gasteiger partial charge in [0.05, 0.1) is 16.8 Å². The van der Waals surface area contributed by atoms with Gasteiger partial charge in [0.1, 0.15) is 11.6 Å². The first kappa shape index (κ1) is 17.8. The van der Waals surface area contributed by atoms with Gasteiger partial charge in [-0.2, -0.15) is 0 Å². The number of primary amides is 1. The molecule has 1 heterocycles. The predicted molar refractivity (Wildman–Crippen MR) is 101 cm³/mol. The quantitative estimate of drug-likeness (QED) is 0.594. The van der Waals surface area contributed by atoms with Crippen molar-refractivity contribution < 1.29 is 14.3 Å². The molecule has 0 saturated carbocycles. The molecule has 7 nitrogen and oxygen atoms in total. The molecule has 0 aliphatic heterocycles. The molecular weight excluding hydrogens is 352 g/mol. The largest absolute Gasteiger partial charge is 0.364 e. The van der Waals surface area contributed by atoms with E-state index < -0.39 is 6.03 Å². The summed E-state index contributed by atoms with van der Waals surface area (Å²) in [7, 11) is 0. The number of carbonyl (C=O) groups excluding carboxylic acids is 2. The van der Waals surface area contributed by atoms with E-state index in [4.69, 9.17) is 10.5 Å². The van der Waals surface area contributed by atoms with Gasteiger partial charge in [-0.05, 0) is 29.8 Å². The number of urea groups is 1. The van der Waals surface area contributed by atoms with Crippen LogP contribution in [0.3, 0.4) is 0 Å². The Morgan fingerprint density at radius 2 is 1.88 bits per heavy atom. The van der Waals surface area contributed by atoms with E-state index in [1.165, 1.54) is 0 Å². The second-order valence-electron chi connectivity index (χ2n) is 5.53. The van der Waals surface area contributed by atoms with Crippen molar-refractivity contribution in [2.75, 3.05) is 11.9 Å². The van der Waals surface area contributed by atoms with Crippen LogP contribution in [0.2, 0.25) is 0 Å². The van der Waals surface area contributed by atoms with Gasteiger partial charge in [-0.1, -0.05) is 24.3 Å². The highest BCUT2D eigenvalue weighted by Gasteiger charge is 2.06. The van der Waals surface area contributed by atoms with E-state index >= 15 is 0 Å². The molecule has 0 aliphatic rings. The van der Waals surface area contributed by atoms with E-state index in [9.17, 15) is 9.59 Å². The summed E-state index contributed by atoms with van der Waals surface area (Å²) in [4.78, 5) is 27.1. The minimum absolute atomic E-state index is 0.0305. The van der Waals surface area contributed by atoms with E-state index in [2.05, 4.69) is 15.6 Å². The Kier molecular flexibility index (Phi) is 5.77. The van der Waals surface area contributed by atoms with Crippen molar-refractivity contribution in [1.82, 2.24) is 10.3 Å². The maximum absolute atomic E-state index is 11.9. The molecule has 134 valence electrons. The molecule has 0 spiro atoms. The first-order valence-electron chi connectivity index (χ1n) is 7.94. The van der Waals surface area contributed by atoms with E-state index in [-0.39, 0.29) is 12.5 Å². The predicted octanol–water partition coefficient (Wildman–Crippen LogP) is 2.62. The lowest BCUT2D eigenvalue weighted by atomic mass is 10.2. The zero-order chi connectivity index (χ0) is 18.4. The summed E-state index contributed by atoms with van der Waals surface area (Å²) in [5.74, 6) is -0.203. The third-order valence-electron chi connectivity index (χ3n) is 3.51. The highest BCUT2D eigenvalue weighted by molar-refractivity contribution is 7.18. The summed E-state index contributed by atoms with van der Waals surface area (Å²) in [6.45, 7) is 0.650. The van der Waals surface area contributed by atoms with Crippen LogP contribution in [-0.4, -0.2) is 23.5 Å². The standard InChI is InChI=1S/C18H18N4O3S/c19-18(24)21-13-7-5-12(6-8-13)9-20-16(23)10-25-11-17-22-14-3-1-2-4-15(14)26-17/h1-8H,9-11H2,(H,20,23)(H3,19,21,24). The first-order chi connectivity index (χ1) is 12.6. The lowest BCUT2D eigenvalue weighted by Gasteiger charge is -2.07. The highest BCUT2D eigenvalue weighted by atomic mass is 32.1. The second-order valence-corrected chi connectivity index (χ2v) is 6.65. The summed E-state index contributed by atoms with van der Waals surface area (Å²) >= 11 is 1.56. The summed E-state index contributed by atoms with van der Waals surface area (Å²) in [6.07, 6.45) is 0. The van der Waals surface area contributed by atoms with E-state index in [0.29, 0.717) is 18.8 Å². The Bertz CT molecular complexity index is 875. The Hall–Kier alpha value is -2.97. The highest BCUT2D eigenvalue weighted by Crippen LogP contribution is 2.21. The number of amides is 3. The van der Waals surface area contributed by atoms with Crippen LogP contribution < -0.4 is 16.4 Å². The van der Waals surface area contributed by atoms with Crippen molar-refractivity contribution in [3.63, 3.8) is 0 Å². The normalized spacial score (nSPS) is 10.6. The zero-order valence-corrected chi connectivity index (χ0v) is 14.7. The van der Waals surface area contributed by atoms with Gasteiger partial charge in [-0.25, -0.2) is 9.78 Å². The number of fused-ring (bicyclic) bond motifs is 1. The van der Waals surface area contributed by atoms with Gasteiger partial charge in [0.15, 0.2) is 0 Å². The fourth-order valence-electron chi connectivity index (χ4n) is 2.31. The van der Waals surface area contributed by atoms with E-state index in [0.717, 1.165) is 20.8 Å². The van der Waals surface area contributed by atoms with Crippen LogP contribution in [0.1, 0.15) is 10.6 Å². The Labute approximate surface area is 154 Å². The lowest BCUT2D eigenvalue weighted by Crippen LogP contribution is -2.27. The monoisotopic (exact) mass is 370 g/mol. The smallest absolute Gasteiger partial charge is 0.316 e. The van der Waals surface area contributed by atoms with Gasteiger partial charge in [0.25, 0.3) is 0 Å². The van der Waals surface area contributed by atoms with Crippen LogP contribution in [0, 0.1) is 0 Å². The number of thiazole rings is 1. The molecule has 3 rings (SSSR count). The zero-order valence-electron chi connectivity index (χ0n) is 13.9. The fourth-order valence-corrected chi connectivity index (χ4v) is 3.22. The average molecular weight is 370 g/mol. The molecule has 8 heteroatoms. The number of carbonyl (C=O) groups is 2. The third kappa shape index (κ3) is 5.01. The number of anilines is 1. The molecule has 3 aromatic rings. The van der Waals surface area contributed by atoms with Crippen LogP contribution >= 0.6 is 11.3 Å². The molecular formula is C18H18N4O3S. The molecule has 2 aromatic carbocycles. The SMILES string of the molecule is NC(=O)Nc1ccc(CNC(=O)COCc2nc3ccccc3s2)cc1. The van der Waals surface area contributed by atoms with Crippen LogP contribution in [0.5, 0.6) is 0 Å². The van der Waals surface area contributed by atoms with E-state index in [1.54, 1.807) is 35.6 Å². The number of ether oxygens (including phenoxy) is 1. The van der Waals surface area contributed by atoms with Crippen LogP contribution in [0.15, 0.2) is 48.5 Å². The molecule has 26 heavy (non-hydrogen) atoms. The molecule has 1 aromatic heterocycles. The molecule has 3 amide bonds. The average Bonchev–Trinajstić information content (AvgIpc) is 3.03. The summed E-state index contributed by atoms with van der Waals surface area (Å²) in [5, 5.41) is 6.10. The van der Waals surface area contributed by atoms with Gasteiger partial charge in [0, 0.05) is 12.2 Å². The molecule has 0 unspecified atom stereocenters. The number of nitrogens with one attached hydrogen (secondary N) is 2. The van der Waals surface area contributed by atoms with Gasteiger partial charge >= 0.3 is 6.03 Å². The Morgan fingerprint density at radius 3 is 2.62 bits per heavy atom. The molecule has 0 aliphatic carbocycles. The third-order valence-corrected chi connectivity index (χ3v) is 4.52. The number of nitrogens with two attached hydrogens (primary N) is 1. The summed E-state index contributed by atoms with van der Waals surface area (Å²) < 4.78 is 6.54. The summed E-state index contributed by atoms with van der Waals surface area (Å²) in [6, 6.07) is 14.3. The number of nitrogens with zero attached hydrogens (tertiary/aromatic N) is 1. The topological polar surface area (TPSA) is 106 Å². The molecule has 4 N–H and O–H groups in total. The Morgan fingerprint density at radius 1 is 1.12 bits per heavy atom. The van der Waals surface area contributed by atoms with Gasteiger partial charge in [-0.3, -0.25) is 4.79 Å². The maximum atomic E-state index is 11.9. The Balaban J connectivity index is 1.40. The van der Waals surface area contributed by atoms with Crippen LogP contribution in [-0.2, 0) is 22.7 Å². The molecule has 0 radical (unpaired) electrons. The number of hydrogen-bond donors (Lipinski definition) is 3. The number of rotatable bonds is 7. The number of benzene rings is 2. The number of hydrogen-bond acceptors (Lipinski definition) is 5. The van der Waals surface area contributed by atoms with Gasteiger partial charge < -0.3 is 21.1 Å². The van der Waals surface area contributed by atoms with Crippen molar-refractivity contribution in [3.8, 4) is 0 Å². The lowest BCUT2D eigenvalue weighted by molar-refractivity contribution is -0.126. The van der Waals surface area contributed by atoms with Crippen LogP contribution in [0.4, 0.5) is 10.5 Å². The minimum atomic E-state index is -0.615. The molecule has 0 bridgehead atoms. The van der Waals surface area contributed by atoms with Crippen molar-refractivity contribution in [2.24, 2.45) is 5.73 Å². The van der Waals surface area contributed by atoms with Gasteiger partial charge in [0.2, 0.25) is 5.91 Å². The maximum Gasteiger partial charge on any atom is 0.316 e. The summed E-state index contributed by atoms with van der Waals surface area (Å²) in [5.41, 5.74) is 7.49. The number of aromatic nitrogens is 1. The van der Waals surface area contributed by atoms with Crippen molar-refractivity contribution in [3.05, 3.63) is 59.1 Å². The van der Waals surface area contributed by atoms with Crippen molar-refractivity contribution >= 4 is 39.2 Å². The van der Waals surface area contributed by atoms with Gasteiger partial charge in [-0.15, -0.1) is 11.3 Å². The molecule has 0 atom stereocenters. The minimum Gasteiger partial charge on any atom is -0.364 e. The van der Waals surface area contributed by atoms with Crippen LogP contribution in [0.25, 0.3) is 10.2 Å². The molecule has 0 saturated heterocycles. The number of para-hydroxylation sites is 1. The fraction of sp³-hybridized carbons (Fsp3) is 0.167. The van der Waals surface area contributed by atoms with E-state index in [1.807, 2.05) is 24.3 Å². The van der Waals surface area contributed by atoms with Crippen molar-refractivity contribution in [2.45, 2.75) is 13.2 Å². The molecule has 0 fully saturated rings. The first-order valence-corrected chi connectivity index (χ1v) is 8.76.